The lowest BCUT2D eigenvalue weighted by atomic mass is 10.0. The fraction of sp³-hybridized carbons (Fsp3) is 0.400. The van der Waals surface area contributed by atoms with Crippen LogP contribution in [0.2, 0.25) is 0 Å². The number of methoxy groups -OCH3 is 1. The van der Waals surface area contributed by atoms with E-state index >= 15 is 0 Å². The van der Waals surface area contributed by atoms with Gasteiger partial charge in [-0.3, -0.25) is 14.4 Å². The number of hydrogen-bond donors (Lipinski definition) is 1. The van der Waals surface area contributed by atoms with E-state index in [0.29, 0.717) is 0 Å². The molecule has 0 radical (unpaired) electrons. The Morgan fingerprint density at radius 2 is 1.86 bits per heavy atom. The van der Waals surface area contributed by atoms with Gasteiger partial charge < -0.3 is 14.8 Å². The molecule has 0 saturated carbocycles. The summed E-state index contributed by atoms with van der Waals surface area (Å²) in [5, 5.41) is 2.75. The molecule has 0 aliphatic carbocycles. The summed E-state index contributed by atoms with van der Waals surface area (Å²) in [5.41, 5.74) is 0.787. The van der Waals surface area contributed by atoms with Gasteiger partial charge in [-0.2, -0.15) is 0 Å². The number of rotatable bonds is 7. The van der Waals surface area contributed by atoms with Gasteiger partial charge in [-0.1, -0.05) is 28.1 Å². The molecule has 0 aromatic heterocycles. The van der Waals surface area contributed by atoms with E-state index in [0.717, 1.165) is 10.0 Å². The van der Waals surface area contributed by atoms with E-state index in [-0.39, 0.29) is 25.4 Å². The molecule has 1 aromatic rings. The highest BCUT2D eigenvalue weighted by Crippen LogP contribution is 2.20. The Labute approximate surface area is 137 Å². The van der Waals surface area contributed by atoms with Gasteiger partial charge in [-0.25, -0.2) is 0 Å². The van der Waals surface area contributed by atoms with Crippen molar-refractivity contribution in [1.29, 1.82) is 0 Å². The number of carbonyl (C=O) groups excluding carboxylic acids is 3. The summed E-state index contributed by atoms with van der Waals surface area (Å²) >= 11 is 3.33. The predicted molar refractivity (Wildman–Crippen MR) is 82.9 cm³/mol. The third-order valence-corrected chi connectivity index (χ3v) is 3.37. The van der Waals surface area contributed by atoms with Gasteiger partial charge >= 0.3 is 11.9 Å². The molecular weight excluding hydrogens is 354 g/mol. The molecule has 0 bridgehead atoms. The summed E-state index contributed by atoms with van der Waals surface area (Å²) in [7, 11) is 1.30. The largest absolute Gasteiger partial charge is 0.469 e. The number of amides is 1. The van der Waals surface area contributed by atoms with Crippen molar-refractivity contribution in [3.05, 3.63) is 34.3 Å². The Balaban J connectivity index is 2.69. The molecule has 0 heterocycles. The monoisotopic (exact) mass is 371 g/mol. The number of halogens is 1. The SMILES string of the molecule is COC(=O)CC(NC(=O)CCOC(C)=O)c1ccc(Br)cc1. The van der Waals surface area contributed by atoms with Crippen LogP contribution in [-0.4, -0.2) is 31.6 Å². The Hall–Kier alpha value is -1.89. The summed E-state index contributed by atoms with van der Waals surface area (Å²) in [6.45, 7) is 1.28. The minimum atomic E-state index is -0.495. The Bertz CT molecular complexity index is 529. The van der Waals surface area contributed by atoms with Gasteiger partial charge in [0.15, 0.2) is 0 Å². The first-order chi connectivity index (χ1) is 10.4. The van der Waals surface area contributed by atoms with E-state index in [1.165, 1.54) is 14.0 Å². The molecule has 7 heteroatoms. The van der Waals surface area contributed by atoms with Crippen LogP contribution in [0.4, 0.5) is 0 Å². The quantitative estimate of drug-likeness (QED) is 0.742. The fourth-order valence-corrected chi connectivity index (χ4v) is 2.02. The van der Waals surface area contributed by atoms with Crippen LogP contribution in [0.3, 0.4) is 0 Å². The molecule has 0 fully saturated rings. The average molecular weight is 372 g/mol. The van der Waals surface area contributed by atoms with Crippen molar-refractivity contribution in [1.82, 2.24) is 5.32 Å². The van der Waals surface area contributed by atoms with Crippen molar-refractivity contribution >= 4 is 33.8 Å². The van der Waals surface area contributed by atoms with Crippen LogP contribution in [-0.2, 0) is 23.9 Å². The zero-order chi connectivity index (χ0) is 16.5. The van der Waals surface area contributed by atoms with Gasteiger partial charge in [0.05, 0.1) is 26.0 Å². The number of hydrogen-bond acceptors (Lipinski definition) is 5. The number of ether oxygens (including phenoxy) is 2. The third-order valence-electron chi connectivity index (χ3n) is 2.84. The molecule has 0 spiro atoms. The van der Waals surface area contributed by atoms with Crippen molar-refractivity contribution in [3.8, 4) is 0 Å². The van der Waals surface area contributed by atoms with Crippen molar-refractivity contribution in [2.24, 2.45) is 0 Å². The molecule has 0 saturated heterocycles. The Morgan fingerprint density at radius 1 is 1.23 bits per heavy atom. The molecule has 1 rings (SSSR count). The van der Waals surface area contributed by atoms with E-state index in [9.17, 15) is 14.4 Å². The van der Waals surface area contributed by atoms with Gasteiger partial charge in [0, 0.05) is 11.4 Å². The lowest BCUT2D eigenvalue weighted by Gasteiger charge is -2.18. The van der Waals surface area contributed by atoms with Gasteiger partial charge in [-0.05, 0) is 17.7 Å². The molecule has 1 aromatic carbocycles. The summed E-state index contributed by atoms with van der Waals surface area (Å²) in [6.07, 6.45) is 0.0607. The van der Waals surface area contributed by atoms with Crippen molar-refractivity contribution in [2.45, 2.75) is 25.8 Å². The first-order valence-corrected chi connectivity index (χ1v) is 7.46. The summed E-state index contributed by atoms with van der Waals surface area (Å²) < 4.78 is 10.3. The second-order valence-corrected chi connectivity index (χ2v) is 5.46. The topological polar surface area (TPSA) is 81.7 Å². The van der Waals surface area contributed by atoms with E-state index in [4.69, 9.17) is 4.74 Å². The number of carbonyl (C=O) groups is 3. The van der Waals surface area contributed by atoms with Crippen LogP contribution in [0, 0.1) is 0 Å². The standard InChI is InChI=1S/C15H18BrNO5/c1-10(18)22-8-7-14(19)17-13(9-15(20)21-2)11-3-5-12(16)6-4-11/h3-6,13H,7-9H2,1-2H3,(H,17,19). The van der Waals surface area contributed by atoms with E-state index in [2.05, 4.69) is 26.0 Å². The van der Waals surface area contributed by atoms with Crippen molar-refractivity contribution < 1.29 is 23.9 Å². The zero-order valence-corrected chi connectivity index (χ0v) is 14.0. The van der Waals surface area contributed by atoms with Gasteiger partial charge in [0.2, 0.25) is 5.91 Å². The van der Waals surface area contributed by atoms with Crippen molar-refractivity contribution in [3.63, 3.8) is 0 Å². The summed E-state index contributed by atoms with van der Waals surface area (Å²) in [6, 6.07) is 6.77. The van der Waals surface area contributed by atoms with E-state index in [1.54, 1.807) is 0 Å². The Morgan fingerprint density at radius 3 is 2.41 bits per heavy atom. The average Bonchev–Trinajstić information content (AvgIpc) is 2.46. The minimum absolute atomic E-state index is 0.00640. The number of benzene rings is 1. The van der Waals surface area contributed by atoms with Crippen LogP contribution in [0.1, 0.15) is 31.4 Å². The fourth-order valence-electron chi connectivity index (χ4n) is 1.75. The number of esters is 2. The highest BCUT2D eigenvalue weighted by molar-refractivity contribution is 9.10. The molecule has 1 amide bonds. The maximum Gasteiger partial charge on any atom is 0.307 e. The molecule has 1 unspecified atom stereocenters. The molecule has 22 heavy (non-hydrogen) atoms. The molecular formula is C15H18BrNO5. The van der Waals surface area contributed by atoms with Gasteiger partial charge in [0.1, 0.15) is 6.61 Å². The Kier molecular flexibility index (Phi) is 7.59. The van der Waals surface area contributed by atoms with Crippen LogP contribution in [0.25, 0.3) is 0 Å². The second kappa shape index (κ2) is 9.19. The minimum Gasteiger partial charge on any atom is -0.469 e. The molecule has 120 valence electrons. The summed E-state index contributed by atoms with van der Waals surface area (Å²) in [5.74, 6) is -1.17. The van der Waals surface area contributed by atoms with Crippen LogP contribution in [0.15, 0.2) is 28.7 Å². The highest BCUT2D eigenvalue weighted by atomic mass is 79.9. The molecule has 0 aliphatic heterocycles. The molecule has 1 atom stereocenters. The summed E-state index contributed by atoms with van der Waals surface area (Å²) in [4.78, 5) is 34.0. The molecule has 6 nitrogen and oxygen atoms in total. The first kappa shape index (κ1) is 18.2. The van der Waals surface area contributed by atoms with Crippen molar-refractivity contribution in [2.75, 3.05) is 13.7 Å². The molecule has 0 aliphatic rings. The lowest BCUT2D eigenvalue weighted by Crippen LogP contribution is -2.31. The highest BCUT2D eigenvalue weighted by Gasteiger charge is 2.19. The van der Waals surface area contributed by atoms with E-state index < -0.39 is 18.0 Å². The van der Waals surface area contributed by atoms with E-state index in [1.807, 2.05) is 24.3 Å². The zero-order valence-electron chi connectivity index (χ0n) is 12.4. The van der Waals surface area contributed by atoms with Crippen LogP contribution >= 0.6 is 15.9 Å². The maximum absolute atomic E-state index is 11.9. The third kappa shape index (κ3) is 6.71. The van der Waals surface area contributed by atoms with Crippen LogP contribution < -0.4 is 5.32 Å². The first-order valence-electron chi connectivity index (χ1n) is 6.67. The molecule has 1 N–H and O–H groups in total. The van der Waals surface area contributed by atoms with Gasteiger partial charge in [0.25, 0.3) is 0 Å². The maximum atomic E-state index is 11.9. The smallest absolute Gasteiger partial charge is 0.307 e. The lowest BCUT2D eigenvalue weighted by molar-refractivity contribution is -0.141. The normalized spacial score (nSPS) is 11.4. The van der Waals surface area contributed by atoms with Gasteiger partial charge in [-0.15, -0.1) is 0 Å². The number of nitrogens with one attached hydrogen (secondary N) is 1. The van der Waals surface area contributed by atoms with Crippen LogP contribution in [0.5, 0.6) is 0 Å². The predicted octanol–water partition coefficient (Wildman–Crippen LogP) is 2.12. The second-order valence-electron chi connectivity index (χ2n) is 4.54.